The van der Waals surface area contributed by atoms with Crippen LogP contribution in [-0.4, -0.2) is 0 Å². The first-order valence-corrected chi connectivity index (χ1v) is 3.68. The van der Waals surface area contributed by atoms with Crippen molar-refractivity contribution in [3.8, 4) is 0 Å². The van der Waals surface area contributed by atoms with Crippen molar-refractivity contribution < 1.29 is 0 Å². The second-order valence-corrected chi connectivity index (χ2v) is 2.88. The van der Waals surface area contributed by atoms with Crippen molar-refractivity contribution in [2.75, 3.05) is 0 Å². The highest BCUT2D eigenvalue weighted by atomic mass is 14.3. The lowest BCUT2D eigenvalue weighted by Crippen LogP contribution is -2.23. The van der Waals surface area contributed by atoms with E-state index in [1.807, 2.05) is 0 Å². The normalized spacial score (nSPS) is 36.8. The first-order chi connectivity index (χ1) is 3.84. The van der Waals surface area contributed by atoms with E-state index < -0.39 is 0 Å². The van der Waals surface area contributed by atoms with Crippen LogP contribution >= 0.6 is 0 Å². The Kier molecular flexibility index (Phi) is 1.93. The molecule has 0 heteroatoms. The molecule has 0 nitrogen and oxygen atoms in total. The molecule has 1 aliphatic carbocycles. The van der Waals surface area contributed by atoms with E-state index in [4.69, 9.17) is 0 Å². The molecule has 2 unspecified atom stereocenters. The highest BCUT2D eigenvalue weighted by molar-refractivity contribution is 4.91. The molecule has 1 fully saturated rings. The zero-order valence-corrected chi connectivity index (χ0v) is 5.85. The lowest BCUT2D eigenvalue weighted by atomic mass is 9.73. The second kappa shape index (κ2) is 2.52. The predicted molar refractivity (Wildman–Crippen MR) is 36.5 cm³/mol. The van der Waals surface area contributed by atoms with Gasteiger partial charge in [0.25, 0.3) is 0 Å². The standard InChI is InChI=1S/C8H15/c1-3-4-8-6-5-7(8)2/h5,7-8H,3-4,6H2,1-2H3. The predicted octanol–water partition coefficient (Wildman–Crippen LogP) is 2.65. The molecule has 1 saturated carbocycles. The van der Waals surface area contributed by atoms with Gasteiger partial charge in [-0.1, -0.05) is 26.7 Å². The van der Waals surface area contributed by atoms with Crippen LogP contribution in [0.2, 0.25) is 0 Å². The minimum absolute atomic E-state index is 0.926. The van der Waals surface area contributed by atoms with E-state index in [9.17, 15) is 0 Å². The summed E-state index contributed by atoms with van der Waals surface area (Å²) in [5.41, 5.74) is 0. The molecule has 0 amide bonds. The maximum absolute atomic E-state index is 2.42. The Hall–Kier alpha value is 0. The summed E-state index contributed by atoms with van der Waals surface area (Å²) in [5, 5.41) is 0. The van der Waals surface area contributed by atoms with E-state index in [1.54, 1.807) is 0 Å². The topological polar surface area (TPSA) is 0 Å². The third kappa shape index (κ3) is 1.04. The second-order valence-electron chi connectivity index (χ2n) is 2.88. The van der Waals surface area contributed by atoms with Gasteiger partial charge >= 0.3 is 0 Å². The zero-order chi connectivity index (χ0) is 5.98. The molecular weight excluding hydrogens is 96.1 g/mol. The Morgan fingerprint density at radius 2 is 2.38 bits per heavy atom. The summed E-state index contributed by atoms with van der Waals surface area (Å²) >= 11 is 0. The Morgan fingerprint density at radius 1 is 1.62 bits per heavy atom. The fourth-order valence-corrected chi connectivity index (χ4v) is 1.35. The van der Waals surface area contributed by atoms with Crippen molar-refractivity contribution in [3.05, 3.63) is 6.42 Å². The summed E-state index contributed by atoms with van der Waals surface area (Å²) in [7, 11) is 0. The van der Waals surface area contributed by atoms with Gasteiger partial charge in [0.05, 0.1) is 0 Å². The first kappa shape index (κ1) is 6.12. The average molecular weight is 111 g/mol. The Morgan fingerprint density at radius 3 is 2.50 bits per heavy atom. The van der Waals surface area contributed by atoms with Crippen LogP contribution in [0.3, 0.4) is 0 Å². The fourth-order valence-electron chi connectivity index (χ4n) is 1.35. The van der Waals surface area contributed by atoms with Crippen LogP contribution in [0.4, 0.5) is 0 Å². The van der Waals surface area contributed by atoms with Crippen molar-refractivity contribution in [1.29, 1.82) is 0 Å². The van der Waals surface area contributed by atoms with Crippen LogP contribution in [0.1, 0.15) is 33.1 Å². The summed E-state index contributed by atoms with van der Waals surface area (Å²) in [6, 6.07) is 0. The molecule has 1 radical (unpaired) electrons. The molecule has 8 heavy (non-hydrogen) atoms. The fraction of sp³-hybridized carbons (Fsp3) is 0.875. The lowest BCUT2D eigenvalue weighted by Gasteiger charge is -2.33. The number of hydrogen-bond donors (Lipinski definition) is 0. The van der Waals surface area contributed by atoms with Crippen molar-refractivity contribution >= 4 is 0 Å². The van der Waals surface area contributed by atoms with Crippen molar-refractivity contribution in [2.24, 2.45) is 11.8 Å². The monoisotopic (exact) mass is 111 g/mol. The van der Waals surface area contributed by atoms with Gasteiger partial charge in [-0.2, -0.15) is 0 Å². The summed E-state index contributed by atoms with van der Waals surface area (Å²) in [6.45, 7) is 4.59. The molecule has 0 aromatic carbocycles. The number of rotatable bonds is 2. The molecule has 0 N–H and O–H groups in total. The van der Waals surface area contributed by atoms with Crippen LogP contribution in [-0.2, 0) is 0 Å². The van der Waals surface area contributed by atoms with Crippen LogP contribution in [0.25, 0.3) is 0 Å². The molecule has 2 atom stereocenters. The van der Waals surface area contributed by atoms with Gasteiger partial charge < -0.3 is 0 Å². The highest BCUT2D eigenvalue weighted by Crippen LogP contribution is 2.35. The third-order valence-electron chi connectivity index (χ3n) is 2.21. The average Bonchev–Trinajstić information content (AvgIpc) is 1.79. The Bertz CT molecular complexity index is 66.4. The molecule has 0 saturated heterocycles. The van der Waals surface area contributed by atoms with Gasteiger partial charge in [-0.05, 0) is 24.7 Å². The van der Waals surface area contributed by atoms with Crippen LogP contribution < -0.4 is 0 Å². The van der Waals surface area contributed by atoms with Gasteiger partial charge in [-0.15, -0.1) is 0 Å². The van der Waals surface area contributed by atoms with E-state index in [0.717, 1.165) is 11.8 Å². The van der Waals surface area contributed by atoms with Crippen molar-refractivity contribution in [3.63, 3.8) is 0 Å². The maximum Gasteiger partial charge on any atom is -0.0352 e. The van der Waals surface area contributed by atoms with E-state index in [1.165, 1.54) is 19.3 Å². The molecule has 0 bridgehead atoms. The smallest absolute Gasteiger partial charge is 0.0352 e. The molecule has 1 aliphatic rings. The SMILES string of the molecule is CCCC1C[CH]C1C. The number of hydrogen-bond acceptors (Lipinski definition) is 0. The molecule has 0 aromatic heterocycles. The summed E-state index contributed by atoms with van der Waals surface area (Å²) in [5.74, 6) is 1.97. The third-order valence-corrected chi connectivity index (χ3v) is 2.21. The molecule has 0 aliphatic heterocycles. The van der Waals surface area contributed by atoms with E-state index in [2.05, 4.69) is 20.3 Å². The summed E-state index contributed by atoms with van der Waals surface area (Å²) < 4.78 is 0. The van der Waals surface area contributed by atoms with Gasteiger partial charge in [0, 0.05) is 0 Å². The van der Waals surface area contributed by atoms with Crippen LogP contribution in [0.15, 0.2) is 0 Å². The molecule has 0 spiro atoms. The summed E-state index contributed by atoms with van der Waals surface area (Å²) in [4.78, 5) is 0. The van der Waals surface area contributed by atoms with E-state index in [0.29, 0.717) is 0 Å². The van der Waals surface area contributed by atoms with Gasteiger partial charge in [0.2, 0.25) is 0 Å². The molecule has 0 heterocycles. The highest BCUT2D eigenvalue weighted by Gasteiger charge is 2.25. The quantitative estimate of drug-likeness (QED) is 0.514. The minimum Gasteiger partial charge on any atom is -0.0654 e. The first-order valence-electron chi connectivity index (χ1n) is 3.68. The van der Waals surface area contributed by atoms with Gasteiger partial charge in [0.15, 0.2) is 0 Å². The molecule has 0 aromatic rings. The molecular formula is C8H15. The van der Waals surface area contributed by atoms with E-state index >= 15 is 0 Å². The van der Waals surface area contributed by atoms with Crippen molar-refractivity contribution in [1.82, 2.24) is 0 Å². The Labute approximate surface area is 52.3 Å². The maximum atomic E-state index is 2.42. The van der Waals surface area contributed by atoms with Crippen LogP contribution in [0, 0.1) is 18.3 Å². The lowest BCUT2D eigenvalue weighted by molar-refractivity contribution is 0.267. The van der Waals surface area contributed by atoms with E-state index in [-0.39, 0.29) is 0 Å². The molecule has 47 valence electrons. The van der Waals surface area contributed by atoms with Crippen LogP contribution in [0.5, 0.6) is 0 Å². The minimum atomic E-state index is 0.926. The molecule has 1 rings (SSSR count). The van der Waals surface area contributed by atoms with Gasteiger partial charge in [-0.25, -0.2) is 0 Å². The zero-order valence-electron chi connectivity index (χ0n) is 5.85. The largest absolute Gasteiger partial charge is 0.0654 e. The Balaban J connectivity index is 2.08. The summed E-state index contributed by atoms with van der Waals surface area (Å²) in [6.07, 6.45) is 6.61. The van der Waals surface area contributed by atoms with Gasteiger partial charge in [0.1, 0.15) is 0 Å². The van der Waals surface area contributed by atoms with Crippen molar-refractivity contribution in [2.45, 2.75) is 33.1 Å². The van der Waals surface area contributed by atoms with Gasteiger partial charge in [-0.3, -0.25) is 0 Å².